The lowest BCUT2D eigenvalue weighted by molar-refractivity contribution is -0.139. The summed E-state index contributed by atoms with van der Waals surface area (Å²) in [6, 6.07) is 8.06. The Morgan fingerprint density at radius 3 is 2.65 bits per heavy atom. The summed E-state index contributed by atoms with van der Waals surface area (Å²) in [5, 5.41) is 5.84. The minimum atomic E-state index is -0.280. The molecule has 20 heavy (non-hydrogen) atoms. The number of anilines is 3. The Balaban J connectivity index is 2.01. The summed E-state index contributed by atoms with van der Waals surface area (Å²) in [5.41, 5.74) is 2.82. The molecule has 0 saturated carbocycles. The van der Waals surface area contributed by atoms with E-state index in [9.17, 15) is 4.79 Å². The van der Waals surface area contributed by atoms with Gasteiger partial charge in [0.25, 0.3) is 0 Å². The highest BCUT2D eigenvalue weighted by molar-refractivity contribution is 7.13. The molecule has 1 aromatic heterocycles. The van der Waals surface area contributed by atoms with Gasteiger partial charge in [-0.05, 0) is 24.3 Å². The van der Waals surface area contributed by atoms with E-state index >= 15 is 0 Å². The second-order valence-electron chi connectivity index (χ2n) is 4.46. The molecule has 0 radical (unpaired) electrons. The first-order valence-corrected chi connectivity index (χ1v) is 7.02. The zero-order chi connectivity index (χ0) is 14.5. The third kappa shape index (κ3) is 3.71. The van der Waals surface area contributed by atoms with Gasteiger partial charge in [0.05, 0.1) is 19.2 Å². The zero-order valence-electron chi connectivity index (χ0n) is 11.7. The van der Waals surface area contributed by atoms with Crippen LogP contribution in [0.15, 0.2) is 29.6 Å². The van der Waals surface area contributed by atoms with Crippen molar-refractivity contribution in [3.63, 3.8) is 0 Å². The summed E-state index contributed by atoms with van der Waals surface area (Å²) in [6.45, 7) is 0. The van der Waals surface area contributed by atoms with Gasteiger partial charge in [-0.2, -0.15) is 0 Å². The number of carbonyl (C=O) groups excluding carboxylic acids is 1. The highest BCUT2D eigenvalue weighted by atomic mass is 32.1. The fourth-order valence-electron chi connectivity index (χ4n) is 1.63. The van der Waals surface area contributed by atoms with Crippen molar-refractivity contribution in [1.29, 1.82) is 0 Å². The van der Waals surface area contributed by atoms with Gasteiger partial charge < -0.3 is 15.0 Å². The number of nitrogens with zero attached hydrogens (tertiary/aromatic N) is 2. The average Bonchev–Trinajstić information content (AvgIpc) is 2.86. The van der Waals surface area contributed by atoms with Crippen LogP contribution in [0.1, 0.15) is 5.69 Å². The largest absolute Gasteiger partial charge is 0.469 e. The number of esters is 1. The van der Waals surface area contributed by atoms with Crippen molar-refractivity contribution < 1.29 is 9.53 Å². The fourth-order valence-corrected chi connectivity index (χ4v) is 2.36. The van der Waals surface area contributed by atoms with E-state index in [2.05, 4.69) is 15.0 Å². The molecule has 0 bridgehead atoms. The van der Waals surface area contributed by atoms with Crippen LogP contribution in [-0.2, 0) is 16.0 Å². The van der Waals surface area contributed by atoms with Crippen molar-refractivity contribution in [2.45, 2.75) is 6.42 Å². The predicted octanol–water partition coefficient (Wildman–Crippen LogP) is 2.67. The second kappa shape index (κ2) is 6.38. The summed E-state index contributed by atoms with van der Waals surface area (Å²) in [5.74, 6) is -0.280. The maximum Gasteiger partial charge on any atom is 0.311 e. The molecular weight excluding hydrogens is 274 g/mol. The minimum Gasteiger partial charge on any atom is -0.469 e. The van der Waals surface area contributed by atoms with E-state index in [-0.39, 0.29) is 12.4 Å². The Kier molecular flexibility index (Phi) is 4.57. The first kappa shape index (κ1) is 14.3. The minimum absolute atomic E-state index is 0.203. The Labute approximate surface area is 122 Å². The van der Waals surface area contributed by atoms with Crippen molar-refractivity contribution in [3.8, 4) is 0 Å². The number of hydrogen-bond acceptors (Lipinski definition) is 6. The van der Waals surface area contributed by atoms with Crippen LogP contribution in [0.4, 0.5) is 16.5 Å². The van der Waals surface area contributed by atoms with Gasteiger partial charge in [-0.15, -0.1) is 11.3 Å². The lowest BCUT2D eigenvalue weighted by Crippen LogP contribution is -2.08. The molecule has 2 rings (SSSR count). The van der Waals surface area contributed by atoms with E-state index in [1.54, 1.807) is 0 Å². The van der Waals surface area contributed by atoms with Gasteiger partial charge in [-0.1, -0.05) is 0 Å². The molecule has 0 unspecified atom stereocenters. The topological polar surface area (TPSA) is 54.5 Å². The molecule has 0 aliphatic rings. The average molecular weight is 291 g/mol. The molecule has 6 heteroatoms. The maximum atomic E-state index is 11.2. The van der Waals surface area contributed by atoms with Crippen molar-refractivity contribution in [2.24, 2.45) is 0 Å². The number of rotatable bonds is 5. The van der Waals surface area contributed by atoms with Crippen LogP contribution < -0.4 is 10.2 Å². The highest BCUT2D eigenvalue weighted by Crippen LogP contribution is 2.23. The maximum absolute atomic E-state index is 11.2. The highest BCUT2D eigenvalue weighted by Gasteiger charge is 2.07. The van der Waals surface area contributed by atoms with Gasteiger partial charge in [0.2, 0.25) is 0 Å². The lowest BCUT2D eigenvalue weighted by Gasteiger charge is -2.12. The first-order chi connectivity index (χ1) is 9.58. The normalized spacial score (nSPS) is 10.2. The summed E-state index contributed by atoms with van der Waals surface area (Å²) < 4.78 is 4.62. The summed E-state index contributed by atoms with van der Waals surface area (Å²) in [7, 11) is 5.38. The Morgan fingerprint density at radius 2 is 2.05 bits per heavy atom. The zero-order valence-corrected chi connectivity index (χ0v) is 12.5. The standard InChI is InChI=1S/C14H17N3O2S/c1-17(2)12-6-4-10(5-7-12)15-14-16-11(9-20-14)8-13(18)19-3/h4-7,9H,8H2,1-3H3,(H,15,16). The summed E-state index contributed by atoms with van der Waals surface area (Å²) in [4.78, 5) is 17.6. The Bertz CT molecular complexity index is 578. The third-order valence-corrected chi connectivity index (χ3v) is 3.55. The molecule has 0 fully saturated rings. The number of nitrogens with one attached hydrogen (secondary N) is 1. The van der Waals surface area contributed by atoms with E-state index in [1.807, 2.05) is 48.6 Å². The summed E-state index contributed by atoms with van der Waals surface area (Å²) in [6.07, 6.45) is 0.203. The number of thiazole rings is 1. The van der Waals surface area contributed by atoms with E-state index in [1.165, 1.54) is 18.4 Å². The molecule has 5 nitrogen and oxygen atoms in total. The quantitative estimate of drug-likeness (QED) is 0.858. The van der Waals surface area contributed by atoms with Crippen molar-refractivity contribution in [3.05, 3.63) is 35.3 Å². The smallest absolute Gasteiger partial charge is 0.311 e. The molecular formula is C14H17N3O2S. The van der Waals surface area contributed by atoms with Crippen LogP contribution in [0.25, 0.3) is 0 Å². The van der Waals surface area contributed by atoms with Crippen LogP contribution in [0.2, 0.25) is 0 Å². The molecule has 1 heterocycles. The van der Waals surface area contributed by atoms with Crippen LogP contribution in [0.5, 0.6) is 0 Å². The molecule has 0 aliphatic heterocycles. The van der Waals surface area contributed by atoms with E-state index < -0.39 is 0 Å². The molecule has 0 aliphatic carbocycles. The molecule has 1 N–H and O–H groups in total. The number of ether oxygens (including phenoxy) is 1. The van der Waals surface area contributed by atoms with Gasteiger partial charge in [0, 0.05) is 30.9 Å². The van der Waals surface area contributed by atoms with Crippen LogP contribution in [0.3, 0.4) is 0 Å². The van der Waals surface area contributed by atoms with Gasteiger partial charge in [0.15, 0.2) is 5.13 Å². The van der Waals surface area contributed by atoms with E-state index in [0.717, 1.165) is 16.5 Å². The van der Waals surface area contributed by atoms with Gasteiger partial charge in [-0.25, -0.2) is 4.98 Å². The predicted molar refractivity (Wildman–Crippen MR) is 81.9 cm³/mol. The third-order valence-electron chi connectivity index (χ3n) is 2.74. The molecule has 0 amide bonds. The first-order valence-electron chi connectivity index (χ1n) is 6.14. The number of methoxy groups -OCH3 is 1. The number of hydrogen-bond donors (Lipinski definition) is 1. The molecule has 0 atom stereocenters. The Hall–Kier alpha value is -2.08. The monoisotopic (exact) mass is 291 g/mol. The van der Waals surface area contributed by atoms with Gasteiger partial charge >= 0.3 is 5.97 Å². The second-order valence-corrected chi connectivity index (χ2v) is 5.32. The van der Waals surface area contributed by atoms with Gasteiger partial charge in [-0.3, -0.25) is 4.79 Å². The van der Waals surface area contributed by atoms with Crippen molar-refractivity contribution >= 4 is 33.8 Å². The lowest BCUT2D eigenvalue weighted by atomic mass is 10.2. The number of carbonyl (C=O) groups is 1. The molecule has 1 aromatic carbocycles. The van der Waals surface area contributed by atoms with E-state index in [4.69, 9.17) is 0 Å². The van der Waals surface area contributed by atoms with Gasteiger partial charge in [0.1, 0.15) is 0 Å². The van der Waals surface area contributed by atoms with E-state index in [0.29, 0.717) is 5.69 Å². The van der Waals surface area contributed by atoms with Crippen molar-refractivity contribution in [2.75, 3.05) is 31.4 Å². The SMILES string of the molecule is COC(=O)Cc1csc(Nc2ccc(N(C)C)cc2)n1. The van der Waals surface area contributed by atoms with Crippen LogP contribution in [0, 0.1) is 0 Å². The molecule has 0 spiro atoms. The molecule has 106 valence electrons. The molecule has 0 saturated heterocycles. The fraction of sp³-hybridized carbons (Fsp3) is 0.286. The number of aromatic nitrogens is 1. The van der Waals surface area contributed by atoms with Crippen molar-refractivity contribution in [1.82, 2.24) is 4.98 Å². The summed E-state index contributed by atoms with van der Waals surface area (Å²) >= 11 is 1.47. The van der Waals surface area contributed by atoms with Crippen LogP contribution in [-0.4, -0.2) is 32.2 Å². The molecule has 2 aromatic rings. The van der Waals surface area contributed by atoms with Crippen LogP contribution >= 0.6 is 11.3 Å². The Morgan fingerprint density at radius 1 is 1.35 bits per heavy atom. The number of benzene rings is 1.